The van der Waals surface area contributed by atoms with Gasteiger partial charge in [-0.1, -0.05) is 30.3 Å². The van der Waals surface area contributed by atoms with Gasteiger partial charge < -0.3 is 5.73 Å². The molecule has 1 aliphatic carbocycles. The number of hydrogen-bond acceptors (Lipinski definition) is 4. The van der Waals surface area contributed by atoms with Gasteiger partial charge in [-0.3, -0.25) is 4.31 Å². The van der Waals surface area contributed by atoms with E-state index in [0.717, 1.165) is 29.9 Å². The van der Waals surface area contributed by atoms with Gasteiger partial charge in [0.1, 0.15) is 0 Å². The lowest BCUT2D eigenvalue weighted by molar-refractivity contribution is 0.862. The van der Waals surface area contributed by atoms with E-state index >= 15 is 0 Å². The van der Waals surface area contributed by atoms with E-state index in [1.165, 1.54) is 22.6 Å². The molecular formula is C19H18N4S. The predicted octanol–water partition coefficient (Wildman–Crippen LogP) is 4.30. The fourth-order valence-electron chi connectivity index (χ4n) is 3.47. The molecule has 2 heterocycles. The van der Waals surface area contributed by atoms with E-state index in [1.54, 1.807) is 0 Å². The van der Waals surface area contributed by atoms with Crippen molar-refractivity contribution < 1.29 is 0 Å². The van der Waals surface area contributed by atoms with Crippen molar-refractivity contribution in [3.8, 4) is 0 Å². The Hall–Kier alpha value is -2.53. The standard InChI is InChI=1S/C19H18N4S/c20-16-10-4-5-12-18(16)22-13-14-7-6-11-17-19(14)24(22)23(21-17)15-8-2-1-3-9-15/h1-5,8-10,12-13H,6-7,11,20H2. The van der Waals surface area contributed by atoms with E-state index in [1.807, 2.05) is 24.3 Å². The van der Waals surface area contributed by atoms with Crippen molar-refractivity contribution in [2.75, 3.05) is 14.5 Å². The summed E-state index contributed by atoms with van der Waals surface area (Å²) in [4.78, 5) is 1.41. The van der Waals surface area contributed by atoms with E-state index in [4.69, 9.17) is 10.8 Å². The zero-order valence-electron chi connectivity index (χ0n) is 13.2. The predicted molar refractivity (Wildman–Crippen MR) is 104 cm³/mol. The van der Waals surface area contributed by atoms with Crippen LogP contribution in [0.2, 0.25) is 0 Å². The number of hydrazone groups is 1. The van der Waals surface area contributed by atoms with Gasteiger partial charge in [0.25, 0.3) is 0 Å². The quantitative estimate of drug-likeness (QED) is 0.658. The Bertz CT molecular complexity index is 914. The summed E-state index contributed by atoms with van der Waals surface area (Å²) in [5.41, 5.74) is 11.9. The van der Waals surface area contributed by atoms with E-state index < -0.39 is 0 Å². The van der Waals surface area contributed by atoms with Crippen molar-refractivity contribution in [1.82, 2.24) is 0 Å². The third-order valence-corrected chi connectivity index (χ3v) is 6.74. The largest absolute Gasteiger partial charge is 0.397 e. The Balaban J connectivity index is 1.68. The number of anilines is 3. The molecule has 1 atom stereocenters. The number of para-hydroxylation sites is 3. The van der Waals surface area contributed by atoms with Crippen molar-refractivity contribution in [3.05, 3.63) is 66.4 Å². The molecule has 2 N–H and O–H groups in total. The first-order chi connectivity index (χ1) is 11.8. The summed E-state index contributed by atoms with van der Waals surface area (Å²) < 4.78 is 4.49. The minimum absolute atomic E-state index is 0.257. The molecule has 0 bridgehead atoms. The fourth-order valence-corrected chi connectivity index (χ4v) is 5.83. The van der Waals surface area contributed by atoms with E-state index in [9.17, 15) is 0 Å². The molecule has 0 spiro atoms. The molecule has 2 aliphatic heterocycles. The summed E-state index contributed by atoms with van der Waals surface area (Å²) in [6.07, 6.45) is 5.65. The van der Waals surface area contributed by atoms with Crippen LogP contribution < -0.4 is 14.5 Å². The average molecular weight is 334 g/mol. The topological polar surface area (TPSA) is 44.9 Å². The van der Waals surface area contributed by atoms with E-state index in [0.29, 0.717) is 0 Å². The first-order valence-corrected chi connectivity index (χ1v) is 9.36. The third-order valence-electron chi connectivity index (χ3n) is 4.58. The Morgan fingerprint density at radius 1 is 0.958 bits per heavy atom. The van der Waals surface area contributed by atoms with Crippen LogP contribution >= 0.6 is 10.9 Å². The molecule has 1 fully saturated rings. The molecule has 120 valence electrons. The monoisotopic (exact) mass is 334 g/mol. The number of nitrogens with zero attached hydrogens (tertiary/aromatic N) is 3. The van der Waals surface area contributed by atoms with Gasteiger partial charge in [0, 0.05) is 17.1 Å². The summed E-state index contributed by atoms with van der Waals surface area (Å²) in [6.45, 7) is 0. The molecule has 24 heavy (non-hydrogen) atoms. The molecule has 0 aromatic heterocycles. The average Bonchev–Trinajstić information content (AvgIpc) is 3.19. The molecule has 2 aromatic rings. The minimum atomic E-state index is -0.257. The van der Waals surface area contributed by atoms with Gasteiger partial charge in [0.15, 0.2) is 0 Å². The molecule has 5 rings (SSSR count). The van der Waals surface area contributed by atoms with Crippen LogP contribution in [0, 0.1) is 0 Å². The smallest absolute Gasteiger partial charge is 0.0786 e. The summed E-state index contributed by atoms with van der Waals surface area (Å²) >= 11 is 0. The molecule has 2 aromatic carbocycles. The van der Waals surface area contributed by atoms with Crippen LogP contribution in [0.15, 0.2) is 71.5 Å². The first kappa shape index (κ1) is 13.9. The first-order valence-electron chi connectivity index (χ1n) is 8.22. The molecule has 4 nitrogen and oxygen atoms in total. The number of benzene rings is 2. The normalized spacial score (nSPS) is 21.7. The summed E-state index contributed by atoms with van der Waals surface area (Å²) in [5, 5.41) is 4.97. The van der Waals surface area contributed by atoms with Crippen LogP contribution in [-0.4, -0.2) is 10.6 Å². The van der Waals surface area contributed by atoms with Crippen LogP contribution in [0.3, 0.4) is 0 Å². The van der Waals surface area contributed by atoms with Gasteiger partial charge in [-0.25, -0.2) is 0 Å². The zero-order chi connectivity index (χ0) is 16.1. The maximum absolute atomic E-state index is 6.27. The third kappa shape index (κ3) is 1.94. The number of rotatable bonds is 2. The van der Waals surface area contributed by atoms with E-state index in [2.05, 4.69) is 45.3 Å². The van der Waals surface area contributed by atoms with E-state index in [-0.39, 0.29) is 10.9 Å². The summed E-state index contributed by atoms with van der Waals surface area (Å²) in [5.74, 6) is 0. The molecule has 5 heteroatoms. The van der Waals surface area contributed by atoms with Gasteiger partial charge in [-0.05, 0) is 49.1 Å². The lowest BCUT2D eigenvalue weighted by atomic mass is 9.93. The van der Waals surface area contributed by atoms with Crippen LogP contribution in [0.5, 0.6) is 0 Å². The second-order valence-electron chi connectivity index (χ2n) is 6.14. The Morgan fingerprint density at radius 3 is 2.58 bits per heavy atom. The van der Waals surface area contributed by atoms with Gasteiger partial charge in [0.2, 0.25) is 0 Å². The van der Waals surface area contributed by atoms with Crippen molar-refractivity contribution in [2.24, 2.45) is 5.10 Å². The molecular weight excluding hydrogens is 316 g/mol. The maximum Gasteiger partial charge on any atom is 0.0786 e. The highest BCUT2D eigenvalue weighted by molar-refractivity contribution is 8.20. The number of nitrogens with two attached hydrogens (primary N) is 1. The highest BCUT2D eigenvalue weighted by Gasteiger charge is 2.38. The molecule has 1 unspecified atom stereocenters. The van der Waals surface area contributed by atoms with Gasteiger partial charge in [-0.15, -0.1) is 0 Å². The van der Waals surface area contributed by atoms with Crippen LogP contribution in [0.1, 0.15) is 19.3 Å². The molecule has 3 aliphatic rings. The molecule has 0 amide bonds. The van der Waals surface area contributed by atoms with Crippen LogP contribution in [0.4, 0.5) is 17.1 Å². The fraction of sp³-hybridized carbons (Fsp3) is 0.158. The summed E-state index contributed by atoms with van der Waals surface area (Å²) in [7, 11) is -0.257. The molecule has 0 radical (unpaired) electrons. The lowest BCUT2D eigenvalue weighted by Crippen LogP contribution is -2.18. The lowest BCUT2D eigenvalue weighted by Gasteiger charge is -2.28. The maximum atomic E-state index is 6.27. The van der Waals surface area contributed by atoms with Gasteiger partial charge >= 0.3 is 0 Å². The Morgan fingerprint density at radius 2 is 1.75 bits per heavy atom. The highest BCUT2D eigenvalue weighted by Crippen LogP contribution is 2.49. The number of hydrogen-bond donors (Lipinski definition) is 1. The molecule has 0 saturated heterocycles. The van der Waals surface area contributed by atoms with Crippen molar-refractivity contribution in [1.29, 1.82) is 0 Å². The Kier molecular flexibility index (Phi) is 3.03. The minimum Gasteiger partial charge on any atom is -0.397 e. The van der Waals surface area contributed by atoms with Crippen molar-refractivity contribution in [2.45, 2.75) is 19.3 Å². The van der Waals surface area contributed by atoms with Crippen LogP contribution in [0.25, 0.3) is 0 Å². The van der Waals surface area contributed by atoms with Gasteiger partial charge in [-0.2, -0.15) is 9.52 Å². The van der Waals surface area contributed by atoms with Crippen LogP contribution in [-0.2, 0) is 0 Å². The zero-order valence-corrected chi connectivity index (χ0v) is 14.0. The summed E-state index contributed by atoms with van der Waals surface area (Å²) in [6, 6.07) is 18.5. The Labute approximate surface area is 144 Å². The highest BCUT2D eigenvalue weighted by atomic mass is 32.2. The molecule has 1 saturated carbocycles. The SMILES string of the molecule is Nc1ccccc1N1C=C2CCCC3=NN(c4ccccc4)S1=C23. The van der Waals surface area contributed by atoms with Crippen molar-refractivity contribution >= 4 is 38.5 Å². The number of allylic oxidation sites excluding steroid dienone is 1. The second-order valence-corrected chi connectivity index (χ2v) is 7.82. The van der Waals surface area contributed by atoms with Crippen molar-refractivity contribution in [3.63, 3.8) is 0 Å². The number of nitrogen functional groups attached to an aromatic ring is 1. The second kappa shape index (κ2) is 5.24. The van der Waals surface area contributed by atoms with Gasteiger partial charge in [0.05, 0.1) is 27.6 Å².